The summed E-state index contributed by atoms with van der Waals surface area (Å²) in [5.41, 5.74) is 3.76. The van der Waals surface area contributed by atoms with E-state index in [2.05, 4.69) is 9.71 Å². The number of rotatable bonds is 5. The first kappa shape index (κ1) is 19.8. The van der Waals surface area contributed by atoms with Crippen molar-refractivity contribution < 1.29 is 13.2 Å². The molecule has 5 nitrogen and oxygen atoms in total. The van der Waals surface area contributed by atoms with Crippen LogP contribution in [0.3, 0.4) is 0 Å². The molecule has 1 N–H and O–H groups in total. The topological polar surface area (TPSA) is 68.3 Å². The maximum absolute atomic E-state index is 12.9. The smallest absolute Gasteiger partial charge is 0.241 e. The van der Waals surface area contributed by atoms with Gasteiger partial charge in [0.1, 0.15) is 6.10 Å². The molecule has 3 rings (SSSR count). The molecule has 0 radical (unpaired) electrons. The van der Waals surface area contributed by atoms with Crippen molar-refractivity contribution in [1.82, 2.24) is 9.71 Å². The number of aromatic nitrogens is 1. The molecule has 0 spiro atoms. The van der Waals surface area contributed by atoms with Crippen LogP contribution in [0.1, 0.15) is 47.9 Å². The fourth-order valence-electron chi connectivity index (χ4n) is 3.86. The fraction of sp³-hybridized carbons (Fsp3) is 0.476. The number of benzene rings is 1. The molecule has 0 bridgehead atoms. The van der Waals surface area contributed by atoms with Crippen LogP contribution in [0.15, 0.2) is 35.4 Å². The average molecular weight is 389 g/mol. The third-order valence-corrected chi connectivity index (χ3v) is 6.87. The molecular formula is C21H28N2O3S. The molecule has 1 saturated carbocycles. The van der Waals surface area contributed by atoms with Crippen LogP contribution in [-0.2, 0) is 10.0 Å². The van der Waals surface area contributed by atoms with Gasteiger partial charge in [-0.25, -0.2) is 18.1 Å². The minimum Gasteiger partial charge on any atom is -0.474 e. The van der Waals surface area contributed by atoms with Crippen LogP contribution in [0.2, 0.25) is 0 Å². The van der Waals surface area contributed by atoms with Gasteiger partial charge in [-0.15, -0.1) is 0 Å². The van der Waals surface area contributed by atoms with Crippen LogP contribution in [0.25, 0.3) is 0 Å². The summed E-state index contributed by atoms with van der Waals surface area (Å²) in [7, 11) is -3.52. The van der Waals surface area contributed by atoms with Crippen molar-refractivity contribution in [3.8, 4) is 5.88 Å². The van der Waals surface area contributed by atoms with Gasteiger partial charge in [0.05, 0.1) is 4.90 Å². The second-order valence-corrected chi connectivity index (χ2v) is 9.27. The first-order valence-corrected chi connectivity index (χ1v) is 10.9. The van der Waals surface area contributed by atoms with Gasteiger partial charge < -0.3 is 4.74 Å². The molecular weight excluding hydrogens is 360 g/mol. The minimum absolute atomic E-state index is 0.0547. The van der Waals surface area contributed by atoms with E-state index in [1.165, 1.54) is 0 Å². The first-order chi connectivity index (χ1) is 12.7. The van der Waals surface area contributed by atoms with Gasteiger partial charge in [-0.2, -0.15) is 0 Å². The third kappa shape index (κ3) is 4.87. The van der Waals surface area contributed by atoms with Gasteiger partial charge in [-0.3, -0.25) is 0 Å². The zero-order valence-corrected chi connectivity index (χ0v) is 17.3. The second-order valence-electron chi connectivity index (χ2n) is 7.61. The molecule has 1 aromatic heterocycles. The lowest BCUT2D eigenvalue weighted by atomic mass is 9.94. The summed E-state index contributed by atoms with van der Waals surface area (Å²) in [5, 5.41) is 0. The maximum atomic E-state index is 12.9. The highest BCUT2D eigenvalue weighted by Crippen LogP contribution is 2.26. The van der Waals surface area contributed by atoms with Crippen LogP contribution in [0, 0.1) is 27.7 Å². The first-order valence-electron chi connectivity index (χ1n) is 9.44. The molecule has 0 aliphatic heterocycles. The van der Waals surface area contributed by atoms with Gasteiger partial charge in [-0.1, -0.05) is 23.8 Å². The van der Waals surface area contributed by atoms with E-state index >= 15 is 0 Å². The lowest BCUT2D eigenvalue weighted by Crippen LogP contribution is -2.40. The molecule has 1 aliphatic carbocycles. The summed E-state index contributed by atoms with van der Waals surface area (Å²) in [6.07, 6.45) is 5.04. The van der Waals surface area contributed by atoms with Crippen molar-refractivity contribution in [1.29, 1.82) is 0 Å². The van der Waals surface area contributed by atoms with Gasteiger partial charge in [0.15, 0.2) is 0 Å². The highest BCUT2D eigenvalue weighted by Gasteiger charge is 2.28. The number of aryl methyl sites for hydroxylation is 4. The maximum Gasteiger partial charge on any atom is 0.241 e. The number of sulfonamides is 1. The highest BCUT2D eigenvalue weighted by atomic mass is 32.2. The van der Waals surface area contributed by atoms with E-state index in [1.54, 1.807) is 6.20 Å². The summed E-state index contributed by atoms with van der Waals surface area (Å²) < 4.78 is 34.7. The summed E-state index contributed by atoms with van der Waals surface area (Å²) in [4.78, 5) is 4.70. The molecule has 0 amide bonds. The van der Waals surface area contributed by atoms with Crippen LogP contribution < -0.4 is 9.46 Å². The molecule has 146 valence electrons. The molecule has 0 atom stereocenters. The van der Waals surface area contributed by atoms with Gasteiger partial charge in [-0.05, 0) is 70.1 Å². The minimum atomic E-state index is -3.52. The Morgan fingerprint density at radius 2 is 1.59 bits per heavy atom. The molecule has 0 saturated heterocycles. The highest BCUT2D eigenvalue weighted by molar-refractivity contribution is 7.89. The Labute approximate surface area is 162 Å². The predicted octanol–water partition coefficient (Wildman–Crippen LogP) is 3.98. The van der Waals surface area contributed by atoms with Crippen LogP contribution >= 0.6 is 0 Å². The Kier molecular flexibility index (Phi) is 5.86. The molecule has 2 aromatic rings. The van der Waals surface area contributed by atoms with E-state index in [-0.39, 0.29) is 12.1 Å². The normalized spacial score (nSPS) is 20.4. The van der Waals surface area contributed by atoms with Gasteiger partial charge in [0.25, 0.3) is 0 Å². The summed E-state index contributed by atoms with van der Waals surface area (Å²) in [6, 6.07) is 7.64. The van der Waals surface area contributed by atoms with E-state index in [9.17, 15) is 8.42 Å². The molecule has 1 fully saturated rings. The van der Waals surface area contributed by atoms with E-state index in [4.69, 9.17) is 4.74 Å². The standard InChI is InChI=1S/C21H28N2O3S/c1-14-5-10-20(22-13-14)26-19-8-6-18(7-9-19)23-27(24,25)21-16(3)11-15(2)12-17(21)4/h5,10-13,18-19,23H,6-9H2,1-4H3. The zero-order chi connectivity index (χ0) is 19.6. The second kappa shape index (κ2) is 7.98. The van der Waals surface area contributed by atoms with Gasteiger partial charge in [0, 0.05) is 18.3 Å². The van der Waals surface area contributed by atoms with Crippen LogP contribution in [0.4, 0.5) is 0 Å². The van der Waals surface area contributed by atoms with Crippen LogP contribution in [0.5, 0.6) is 5.88 Å². The number of ether oxygens (including phenoxy) is 1. The molecule has 1 aliphatic rings. The van der Waals surface area contributed by atoms with Gasteiger partial charge >= 0.3 is 0 Å². The summed E-state index contributed by atoms with van der Waals surface area (Å²) in [6.45, 7) is 7.68. The zero-order valence-electron chi connectivity index (χ0n) is 16.5. The largest absolute Gasteiger partial charge is 0.474 e. The number of nitrogens with one attached hydrogen (secondary N) is 1. The Morgan fingerprint density at radius 1 is 0.963 bits per heavy atom. The quantitative estimate of drug-likeness (QED) is 0.841. The van der Waals surface area contributed by atoms with E-state index < -0.39 is 10.0 Å². The number of nitrogens with zero attached hydrogens (tertiary/aromatic N) is 1. The Balaban J connectivity index is 1.61. The monoisotopic (exact) mass is 388 g/mol. The molecule has 0 unspecified atom stereocenters. The molecule has 1 aromatic carbocycles. The van der Waals surface area contributed by atoms with Crippen molar-refractivity contribution in [2.45, 2.75) is 70.4 Å². The number of pyridine rings is 1. The van der Waals surface area contributed by atoms with E-state index in [0.717, 1.165) is 47.9 Å². The summed E-state index contributed by atoms with van der Waals surface area (Å²) >= 11 is 0. The van der Waals surface area contributed by atoms with E-state index in [0.29, 0.717) is 10.8 Å². The van der Waals surface area contributed by atoms with Gasteiger partial charge in [0.2, 0.25) is 15.9 Å². The molecule has 6 heteroatoms. The third-order valence-electron chi connectivity index (χ3n) is 5.04. The predicted molar refractivity (Wildman–Crippen MR) is 107 cm³/mol. The Hall–Kier alpha value is -1.92. The van der Waals surface area contributed by atoms with Crippen LogP contribution in [-0.4, -0.2) is 25.5 Å². The van der Waals surface area contributed by atoms with Crippen molar-refractivity contribution >= 4 is 10.0 Å². The number of hydrogen-bond acceptors (Lipinski definition) is 4. The van der Waals surface area contributed by atoms with Crippen molar-refractivity contribution in [2.75, 3.05) is 0 Å². The Bertz CT molecular complexity index is 877. The van der Waals surface area contributed by atoms with Crippen molar-refractivity contribution in [2.24, 2.45) is 0 Å². The average Bonchev–Trinajstić information content (AvgIpc) is 2.57. The summed E-state index contributed by atoms with van der Waals surface area (Å²) in [5.74, 6) is 0.635. The van der Waals surface area contributed by atoms with Crippen molar-refractivity contribution in [3.05, 3.63) is 52.7 Å². The SMILES string of the molecule is Cc1ccc(OC2CCC(NS(=O)(=O)c3c(C)cc(C)cc3C)CC2)nc1. The fourth-order valence-corrected chi connectivity index (χ4v) is 5.62. The number of hydrogen-bond donors (Lipinski definition) is 1. The molecule has 1 heterocycles. The van der Waals surface area contributed by atoms with Crippen molar-refractivity contribution in [3.63, 3.8) is 0 Å². The lowest BCUT2D eigenvalue weighted by Gasteiger charge is -2.29. The lowest BCUT2D eigenvalue weighted by molar-refractivity contribution is 0.138. The Morgan fingerprint density at radius 3 is 2.15 bits per heavy atom. The molecule has 27 heavy (non-hydrogen) atoms. The van der Waals surface area contributed by atoms with E-state index in [1.807, 2.05) is 52.0 Å².